The number of nitrogens with one attached hydrogen (secondary N) is 1. The second kappa shape index (κ2) is 5.69. The summed E-state index contributed by atoms with van der Waals surface area (Å²) in [6.07, 6.45) is 7.47. The third-order valence-electron chi connectivity index (χ3n) is 6.53. The van der Waals surface area contributed by atoms with Crippen molar-refractivity contribution in [1.82, 2.24) is 19.9 Å². The van der Waals surface area contributed by atoms with Crippen molar-refractivity contribution in [2.45, 2.75) is 24.7 Å². The van der Waals surface area contributed by atoms with Crippen molar-refractivity contribution < 1.29 is 0 Å². The van der Waals surface area contributed by atoms with Crippen LogP contribution < -0.4 is 4.90 Å². The SMILES string of the molecule is Clc1c[nH]c2ncnc(N3C[C@]4(CCN(CC5CC5)C4)c4ccccc43)c12. The fourth-order valence-corrected chi connectivity index (χ4v) is 5.29. The number of halogens is 1. The van der Waals surface area contributed by atoms with Gasteiger partial charge in [-0.25, -0.2) is 9.97 Å². The van der Waals surface area contributed by atoms with Gasteiger partial charge in [-0.1, -0.05) is 29.8 Å². The van der Waals surface area contributed by atoms with E-state index in [-0.39, 0.29) is 5.41 Å². The molecule has 27 heavy (non-hydrogen) atoms. The third kappa shape index (κ3) is 2.41. The van der Waals surface area contributed by atoms with Crippen LogP contribution in [0, 0.1) is 5.92 Å². The van der Waals surface area contributed by atoms with Gasteiger partial charge in [0.2, 0.25) is 0 Å². The molecular weight excluding hydrogens is 358 g/mol. The molecule has 1 saturated heterocycles. The number of likely N-dealkylation sites (tertiary alicyclic amines) is 1. The number of anilines is 2. The monoisotopic (exact) mass is 379 g/mol. The summed E-state index contributed by atoms with van der Waals surface area (Å²) in [6, 6.07) is 8.83. The molecule has 2 aliphatic heterocycles. The van der Waals surface area contributed by atoms with Gasteiger partial charge in [0.05, 0.1) is 10.4 Å². The predicted octanol–water partition coefficient (Wildman–Crippen LogP) is 4.12. The molecule has 2 fully saturated rings. The fraction of sp³-hybridized carbons (Fsp3) is 0.429. The number of nitrogens with zero attached hydrogens (tertiary/aromatic N) is 4. The molecule has 4 heterocycles. The highest BCUT2D eigenvalue weighted by atomic mass is 35.5. The molecule has 1 spiro atoms. The van der Waals surface area contributed by atoms with Gasteiger partial charge >= 0.3 is 0 Å². The highest BCUT2D eigenvalue weighted by Crippen LogP contribution is 2.50. The summed E-state index contributed by atoms with van der Waals surface area (Å²) in [7, 11) is 0. The van der Waals surface area contributed by atoms with Gasteiger partial charge in [-0.2, -0.15) is 0 Å². The highest BCUT2D eigenvalue weighted by Gasteiger charge is 2.48. The number of aromatic nitrogens is 3. The second-order valence-corrected chi connectivity index (χ2v) is 8.78. The maximum atomic E-state index is 6.48. The Hall–Kier alpha value is -2.11. The summed E-state index contributed by atoms with van der Waals surface area (Å²) in [5, 5.41) is 1.60. The molecule has 138 valence electrons. The van der Waals surface area contributed by atoms with E-state index in [1.165, 1.54) is 43.6 Å². The van der Waals surface area contributed by atoms with Crippen molar-refractivity contribution in [2.75, 3.05) is 31.1 Å². The molecule has 0 unspecified atom stereocenters. The van der Waals surface area contributed by atoms with Gasteiger partial charge in [0.25, 0.3) is 0 Å². The summed E-state index contributed by atoms with van der Waals surface area (Å²) >= 11 is 6.48. The Bertz CT molecular complexity index is 1030. The van der Waals surface area contributed by atoms with E-state index in [2.05, 4.69) is 49.0 Å². The van der Waals surface area contributed by atoms with Crippen LogP contribution in [0.1, 0.15) is 24.8 Å². The van der Waals surface area contributed by atoms with Crippen LogP contribution in [-0.2, 0) is 5.41 Å². The fourth-order valence-electron chi connectivity index (χ4n) is 5.06. The molecule has 6 heteroatoms. The zero-order valence-corrected chi connectivity index (χ0v) is 15.9. The van der Waals surface area contributed by atoms with Crippen LogP contribution in [0.25, 0.3) is 11.0 Å². The van der Waals surface area contributed by atoms with Gasteiger partial charge in [0.1, 0.15) is 17.8 Å². The summed E-state index contributed by atoms with van der Waals surface area (Å²) in [4.78, 5) is 17.2. The molecule has 1 aromatic carbocycles. The lowest BCUT2D eigenvalue weighted by molar-refractivity contribution is 0.303. The van der Waals surface area contributed by atoms with Crippen LogP contribution in [0.5, 0.6) is 0 Å². The summed E-state index contributed by atoms with van der Waals surface area (Å²) in [6.45, 7) is 4.57. The first-order valence-electron chi connectivity index (χ1n) is 9.80. The standard InChI is InChI=1S/C21H22ClN5/c22-16-9-23-19-18(16)20(25-13-24-19)27-12-21(15-3-1-2-4-17(15)27)7-8-26(11-21)10-14-5-6-14/h1-4,9,13-14H,5-8,10-12H2,(H,23,24,25)/t21-/m1/s1. The van der Waals surface area contributed by atoms with Crippen LogP contribution in [0.3, 0.4) is 0 Å². The number of hydrogen-bond donors (Lipinski definition) is 1. The minimum Gasteiger partial charge on any atom is -0.344 e. The van der Waals surface area contributed by atoms with Gasteiger partial charge in [-0.15, -0.1) is 0 Å². The van der Waals surface area contributed by atoms with Gasteiger partial charge in [-0.05, 0) is 43.4 Å². The molecule has 1 atom stereocenters. The first kappa shape index (κ1) is 15.9. The van der Waals surface area contributed by atoms with Crippen molar-refractivity contribution in [1.29, 1.82) is 0 Å². The summed E-state index contributed by atoms with van der Waals surface area (Å²) in [5.41, 5.74) is 3.71. The van der Waals surface area contributed by atoms with Crippen molar-refractivity contribution >= 4 is 34.1 Å². The Labute approximate surface area is 163 Å². The van der Waals surface area contributed by atoms with E-state index in [1.54, 1.807) is 12.5 Å². The minimum atomic E-state index is 0.186. The van der Waals surface area contributed by atoms with Crippen molar-refractivity contribution in [2.24, 2.45) is 5.92 Å². The van der Waals surface area contributed by atoms with E-state index in [0.29, 0.717) is 5.02 Å². The molecule has 1 aliphatic carbocycles. The average Bonchev–Trinajstić information content (AvgIpc) is 3.16. The maximum absolute atomic E-state index is 6.48. The minimum absolute atomic E-state index is 0.186. The van der Waals surface area contributed by atoms with Gasteiger partial charge in [0.15, 0.2) is 0 Å². The Kier molecular flexibility index (Phi) is 3.35. The molecule has 5 nitrogen and oxygen atoms in total. The van der Waals surface area contributed by atoms with Crippen LogP contribution in [0.2, 0.25) is 5.02 Å². The molecule has 1 saturated carbocycles. The number of hydrogen-bond acceptors (Lipinski definition) is 4. The number of rotatable bonds is 3. The van der Waals surface area contributed by atoms with Crippen LogP contribution in [0.15, 0.2) is 36.8 Å². The Morgan fingerprint density at radius 3 is 2.96 bits per heavy atom. The van der Waals surface area contributed by atoms with E-state index >= 15 is 0 Å². The summed E-state index contributed by atoms with van der Waals surface area (Å²) in [5.74, 6) is 1.85. The number of para-hydroxylation sites is 1. The Morgan fingerprint density at radius 2 is 2.07 bits per heavy atom. The molecule has 1 N–H and O–H groups in total. The maximum Gasteiger partial charge on any atom is 0.147 e. The van der Waals surface area contributed by atoms with Gasteiger partial charge < -0.3 is 14.8 Å². The Morgan fingerprint density at radius 1 is 1.19 bits per heavy atom. The van der Waals surface area contributed by atoms with Crippen molar-refractivity contribution in [3.63, 3.8) is 0 Å². The molecule has 0 amide bonds. The predicted molar refractivity (Wildman–Crippen MR) is 108 cm³/mol. The van der Waals surface area contributed by atoms with Crippen molar-refractivity contribution in [3.8, 4) is 0 Å². The number of H-pyrrole nitrogens is 1. The van der Waals surface area contributed by atoms with E-state index in [1.807, 2.05) is 0 Å². The van der Waals surface area contributed by atoms with Crippen LogP contribution >= 0.6 is 11.6 Å². The summed E-state index contributed by atoms with van der Waals surface area (Å²) < 4.78 is 0. The topological polar surface area (TPSA) is 48.1 Å². The molecule has 0 bridgehead atoms. The number of fused-ring (bicyclic) bond motifs is 3. The first-order valence-corrected chi connectivity index (χ1v) is 10.2. The molecule has 0 radical (unpaired) electrons. The average molecular weight is 380 g/mol. The molecule has 3 aliphatic rings. The lowest BCUT2D eigenvalue weighted by Gasteiger charge is -2.26. The molecular formula is C21H22ClN5. The molecule has 6 rings (SSSR count). The zero-order valence-electron chi connectivity index (χ0n) is 15.2. The van der Waals surface area contributed by atoms with Crippen LogP contribution in [0.4, 0.5) is 11.5 Å². The van der Waals surface area contributed by atoms with Crippen LogP contribution in [-0.4, -0.2) is 46.0 Å². The second-order valence-electron chi connectivity index (χ2n) is 8.37. The highest BCUT2D eigenvalue weighted by molar-refractivity contribution is 6.36. The van der Waals surface area contributed by atoms with Gasteiger partial charge in [-0.3, -0.25) is 0 Å². The molecule has 3 aromatic rings. The quantitative estimate of drug-likeness (QED) is 0.743. The first-order chi connectivity index (χ1) is 13.2. The normalized spacial score (nSPS) is 25.0. The van der Waals surface area contributed by atoms with Gasteiger partial charge in [0, 0.05) is 36.9 Å². The van der Waals surface area contributed by atoms with Crippen molar-refractivity contribution in [3.05, 3.63) is 47.4 Å². The number of benzene rings is 1. The lowest BCUT2D eigenvalue weighted by Crippen LogP contribution is -2.35. The molecule has 2 aromatic heterocycles. The van der Waals surface area contributed by atoms with E-state index in [0.717, 1.165) is 35.9 Å². The Balaban J connectivity index is 1.44. The number of aromatic amines is 1. The smallest absolute Gasteiger partial charge is 0.147 e. The van der Waals surface area contributed by atoms with E-state index in [9.17, 15) is 0 Å². The van der Waals surface area contributed by atoms with E-state index in [4.69, 9.17) is 11.6 Å². The largest absolute Gasteiger partial charge is 0.344 e. The van der Waals surface area contributed by atoms with E-state index < -0.39 is 0 Å². The lowest BCUT2D eigenvalue weighted by atomic mass is 9.81. The zero-order chi connectivity index (χ0) is 18.0. The third-order valence-corrected chi connectivity index (χ3v) is 6.83.